The maximum atomic E-state index is 12.6. The van der Waals surface area contributed by atoms with Crippen molar-refractivity contribution in [2.75, 3.05) is 0 Å². The van der Waals surface area contributed by atoms with Crippen LogP contribution in [0.25, 0.3) is 0 Å². The van der Waals surface area contributed by atoms with Gasteiger partial charge in [-0.05, 0) is 17.9 Å². The Hall–Kier alpha value is -1.90. The fraction of sp³-hybridized carbons (Fsp3) is 0.444. The molecule has 1 unspecified atom stereocenters. The fourth-order valence-corrected chi connectivity index (χ4v) is 3.29. The Morgan fingerprint density at radius 1 is 1.10 bits per heavy atom. The topological polar surface area (TPSA) is 43.4 Å². The van der Waals surface area contributed by atoms with Crippen molar-refractivity contribution in [1.82, 2.24) is 0 Å². The zero-order valence-corrected chi connectivity index (χ0v) is 12.7. The SMILES string of the molecule is Cc1ccc(C2CC(=O)OC3=C2C(=O)CC(C)(C)C3)cc1. The number of ether oxygens (including phenoxy) is 1. The molecule has 0 saturated heterocycles. The first-order valence-corrected chi connectivity index (χ1v) is 7.39. The van der Waals surface area contributed by atoms with Crippen LogP contribution >= 0.6 is 0 Å². The van der Waals surface area contributed by atoms with E-state index < -0.39 is 0 Å². The molecule has 1 atom stereocenters. The first-order valence-electron chi connectivity index (χ1n) is 7.39. The number of hydrogen-bond donors (Lipinski definition) is 0. The number of esters is 1. The summed E-state index contributed by atoms with van der Waals surface area (Å²) in [6.07, 6.45) is 1.43. The van der Waals surface area contributed by atoms with Gasteiger partial charge in [0, 0.05) is 24.3 Å². The van der Waals surface area contributed by atoms with Gasteiger partial charge in [-0.1, -0.05) is 43.7 Å². The lowest BCUT2D eigenvalue weighted by Crippen LogP contribution is -2.33. The van der Waals surface area contributed by atoms with Gasteiger partial charge in [-0.3, -0.25) is 9.59 Å². The van der Waals surface area contributed by atoms with E-state index in [4.69, 9.17) is 4.74 Å². The number of hydrogen-bond acceptors (Lipinski definition) is 3. The van der Waals surface area contributed by atoms with Crippen LogP contribution in [0, 0.1) is 12.3 Å². The minimum absolute atomic E-state index is 0.124. The second-order valence-electron chi connectivity index (χ2n) is 6.92. The number of aryl methyl sites for hydroxylation is 1. The van der Waals surface area contributed by atoms with Crippen molar-refractivity contribution >= 4 is 11.8 Å². The van der Waals surface area contributed by atoms with Crippen molar-refractivity contribution in [2.45, 2.75) is 46.0 Å². The monoisotopic (exact) mass is 284 g/mol. The molecule has 0 spiro atoms. The molecule has 1 aliphatic carbocycles. The van der Waals surface area contributed by atoms with E-state index in [2.05, 4.69) is 0 Å². The zero-order valence-electron chi connectivity index (χ0n) is 12.7. The predicted octanol–water partition coefficient (Wildman–Crippen LogP) is 3.67. The van der Waals surface area contributed by atoms with Crippen molar-refractivity contribution in [3.63, 3.8) is 0 Å². The first-order chi connectivity index (χ1) is 9.85. The third-order valence-corrected chi connectivity index (χ3v) is 4.32. The van der Waals surface area contributed by atoms with E-state index in [1.54, 1.807) is 0 Å². The molecule has 0 amide bonds. The van der Waals surface area contributed by atoms with Crippen molar-refractivity contribution in [2.24, 2.45) is 5.41 Å². The van der Waals surface area contributed by atoms with Crippen LogP contribution in [-0.4, -0.2) is 11.8 Å². The lowest BCUT2D eigenvalue weighted by atomic mass is 9.71. The summed E-state index contributed by atoms with van der Waals surface area (Å²) in [4.78, 5) is 24.5. The van der Waals surface area contributed by atoms with Crippen LogP contribution in [0.5, 0.6) is 0 Å². The van der Waals surface area contributed by atoms with Gasteiger partial charge in [0.05, 0.1) is 6.42 Å². The molecule has 0 radical (unpaired) electrons. The second kappa shape index (κ2) is 4.83. The molecule has 1 aromatic carbocycles. The molecule has 0 saturated carbocycles. The summed E-state index contributed by atoms with van der Waals surface area (Å²) < 4.78 is 5.39. The number of Topliss-reactive ketones (excluding diaryl/α,β-unsaturated/α-hetero) is 1. The van der Waals surface area contributed by atoms with E-state index >= 15 is 0 Å². The molecule has 2 aliphatic rings. The van der Waals surface area contributed by atoms with E-state index in [0.29, 0.717) is 18.6 Å². The maximum Gasteiger partial charge on any atom is 0.311 e. The number of benzene rings is 1. The van der Waals surface area contributed by atoms with Crippen molar-refractivity contribution in [1.29, 1.82) is 0 Å². The maximum absolute atomic E-state index is 12.6. The second-order valence-corrected chi connectivity index (χ2v) is 6.92. The summed E-state index contributed by atoms with van der Waals surface area (Å²) in [7, 11) is 0. The van der Waals surface area contributed by atoms with Crippen molar-refractivity contribution in [3.8, 4) is 0 Å². The molecular formula is C18H20O3. The summed E-state index contributed by atoms with van der Waals surface area (Å²) in [5.41, 5.74) is 2.78. The Bertz CT molecular complexity index is 635. The van der Waals surface area contributed by atoms with Gasteiger partial charge < -0.3 is 4.74 Å². The number of allylic oxidation sites excluding steroid dienone is 2. The van der Waals surface area contributed by atoms with Crippen LogP contribution in [0.2, 0.25) is 0 Å². The molecule has 3 nitrogen and oxygen atoms in total. The molecule has 1 aliphatic heterocycles. The first kappa shape index (κ1) is 14.1. The van der Waals surface area contributed by atoms with Crippen molar-refractivity contribution in [3.05, 3.63) is 46.7 Å². The molecule has 1 aromatic rings. The lowest BCUT2D eigenvalue weighted by Gasteiger charge is -2.36. The zero-order chi connectivity index (χ0) is 15.2. The summed E-state index contributed by atoms with van der Waals surface area (Å²) >= 11 is 0. The molecule has 3 rings (SSSR count). The van der Waals surface area contributed by atoms with E-state index in [1.165, 1.54) is 5.56 Å². The smallest absolute Gasteiger partial charge is 0.311 e. The molecule has 0 N–H and O–H groups in total. The average molecular weight is 284 g/mol. The highest BCUT2D eigenvalue weighted by Crippen LogP contribution is 2.45. The molecule has 1 heterocycles. The van der Waals surface area contributed by atoms with Gasteiger partial charge in [-0.15, -0.1) is 0 Å². The van der Waals surface area contributed by atoms with E-state index in [1.807, 2.05) is 45.0 Å². The molecular weight excluding hydrogens is 264 g/mol. The molecule has 3 heteroatoms. The molecule has 21 heavy (non-hydrogen) atoms. The Morgan fingerprint density at radius 2 is 1.76 bits per heavy atom. The predicted molar refractivity (Wildman–Crippen MR) is 79.7 cm³/mol. The number of rotatable bonds is 1. The molecule has 0 bridgehead atoms. The number of carbonyl (C=O) groups excluding carboxylic acids is 2. The minimum Gasteiger partial charge on any atom is -0.431 e. The summed E-state index contributed by atoms with van der Waals surface area (Å²) in [5.74, 6) is 0.340. The third-order valence-electron chi connectivity index (χ3n) is 4.32. The summed E-state index contributed by atoms with van der Waals surface area (Å²) in [6, 6.07) is 8.06. The van der Waals surface area contributed by atoms with Crippen LogP contribution in [0.3, 0.4) is 0 Å². The van der Waals surface area contributed by atoms with E-state index in [-0.39, 0.29) is 29.5 Å². The quantitative estimate of drug-likeness (QED) is 0.739. The largest absolute Gasteiger partial charge is 0.431 e. The van der Waals surface area contributed by atoms with Gasteiger partial charge in [0.2, 0.25) is 0 Å². The Balaban J connectivity index is 2.06. The Kier molecular flexibility index (Phi) is 3.23. The van der Waals surface area contributed by atoms with Crippen LogP contribution < -0.4 is 0 Å². The standard InChI is InChI=1S/C18H20O3/c1-11-4-6-12(7-5-11)13-8-16(20)21-15-10-18(2,3)9-14(19)17(13)15/h4-7,13H,8-10H2,1-3H3. The highest BCUT2D eigenvalue weighted by atomic mass is 16.5. The van der Waals surface area contributed by atoms with Gasteiger partial charge in [0.15, 0.2) is 5.78 Å². The van der Waals surface area contributed by atoms with E-state index in [0.717, 1.165) is 11.1 Å². The van der Waals surface area contributed by atoms with Crippen LogP contribution in [0.1, 0.15) is 50.2 Å². The summed E-state index contributed by atoms with van der Waals surface area (Å²) in [6.45, 7) is 6.11. The average Bonchev–Trinajstić information content (AvgIpc) is 2.36. The van der Waals surface area contributed by atoms with Crippen molar-refractivity contribution < 1.29 is 14.3 Å². The van der Waals surface area contributed by atoms with Crippen LogP contribution in [-0.2, 0) is 14.3 Å². The molecule has 0 aromatic heterocycles. The fourth-order valence-electron chi connectivity index (χ4n) is 3.29. The van der Waals surface area contributed by atoms with Gasteiger partial charge >= 0.3 is 5.97 Å². The number of ketones is 1. The van der Waals surface area contributed by atoms with Gasteiger partial charge in [-0.25, -0.2) is 0 Å². The van der Waals surface area contributed by atoms with Crippen LogP contribution in [0.15, 0.2) is 35.6 Å². The highest BCUT2D eigenvalue weighted by molar-refractivity contribution is 6.00. The lowest BCUT2D eigenvalue weighted by molar-refractivity contribution is -0.142. The Morgan fingerprint density at radius 3 is 2.43 bits per heavy atom. The molecule has 110 valence electrons. The summed E-state index contributed by atoms with van der Waals surface area (Å²) in [5, 5.41) is 0. The highest BCUT2D eigenvalue weighted by Gasteiger charge is 2.41. The normalized spacial score (nSPS) is 24.6. The van der Waals surface area contributed by atoms with Gasteiger partial charge in [0.1, 0.15) is 5.76 Å². The molecule has 0 fully saturated rings. The Labute approximate surface area is 125 Å². The van der Waals surface area contributed by atoms with Gasteiger partial charge in [-0.2, -0.15) is 0 Å². The third kappa shape index (κ3) is 2.65. The van der Waals surface area contributed by atoms with E-state index in [9.17, 15) is 9.59 Å². The number of carbonyl (C=O) groups is 2. The van der Waals surface area contributed by atoms with Gasteiger partial charge in [0.25, 0.3) is 0 Å². The van der Waals surface area contributed by atoms with Crippen LogP contribution in [0.4, 0.5) is 0 Å². The minimum atomic E-state index is -0.232.